The number of nitrogens with one attached hydrogen (secondary N) is 2. The van der Waals surface area contributed by atoms with E-state index in [0.717, 1.165) is 34.3 Å². The Hall–Kier alpha value is -2.03. The number of hydrogen-bond acceptors (Lipinski definition) is 5. The van der Waals surface area contributed by atoms with Gasteiger partial charge >= 0.3 is 0 Å². The number of benzene rings is 2. The number of rotatable bonds is 9. The van der Waals surface area contributed by atoms with Gasteiger partial charge in [-0.2, -0.15) is 5.10 Å². The van der Waals surface area contributed by atoms with E-state index in [4.69, 9.17) is 33.3 Å². The summed E-state index contributed by atoms with van der Waals surface area (Å²) in [6, 6.07) is 11.4. The molecule has 0 fully saturated rings. The fraction of sp³-hybridized carbons (Fsp3) is 0.300. The molecule has 29 heavy (non-hydrogen) atoms. The summed E-state index contributed by atoms with van der Waals surface area (Å²) in [6.07, 6.45) is 1.82. The van der Waals surface area contributed by atoms with Crippen molar-refractivity contribution < 1.29 is 9.47 Å². The first kappa shape index (κ1) is 21.7. The van der Waals surface area contributed by atoms with E-state index in [2.05, 4.69) is 38.5 Å². The number of aryl methyl sites for hydroxylation is 1. The summed E-state index contributed by atoms with van der Waals surface area (Å²) in [7, 11) is 1.62. The van der Waals surface area contributed by atoms with Crippen LogP contribution in [-0.4, -0.2) is 22.0 Å². The average Bonchev–Trinajstić information content (AvgIpc) is 3.05. The Kier molecular flexibility index (Phi) is 7.57. The van der Waals surface area contributed by atoms with Crippen LogP contribution in [0.5, 0.6) is 11.5 Å². The molecule has 0 spiro atoms. The Morgan fingerprint density at radius 1 is 1.28 bits per heavy atom. The molecule has 3 aromatic rings. The molecule has 0 unspecified atom stereocenters. The largest absolute Gasteiger partial charge is 0.493 e. The Balaban J connectivity index is 1.74. The Morgan fingerprint density at radius 2 is 2.10 bits per heavy atom. The Labute approximate surface area is 188 Å². The topological polar surface area (TPSA) is 64.1 Å². The van der Waals surface area contributed by atoms with Gasteiger partial charge in [0.2, 0.25) is 4.77 Å². The first-order chi connectivity index (χ1) is 14.0. The van der Waals surface area contributed by atoms with Gasteiger partial charge in [0.15, 0.2) is 17.3 Å². The fourth-order valence-electron chi connectivity index (χ4n) is 2.82. The van der Waals surface area contributed by atoms with Crippen LogP contribution in [0.4, 0.5) is 0 Å². The van der Waals surface area contributed by atoms with E-state index in [1.54, 1.807) is 11.8 Å². The standard InChI is InChI=1S/C20H22BrClN4O2S/c1-3-5-19-24-25-20(29)26(19)23-11-14-9-17(27-2)18(10-16(14)21)28-12-13-6-4-7-15(22)8-13/h4,6-10,23H,3,5,11-12H2,1-2H3,(H,25,29). The number of ether oxygens (including phenoxy) is 2. The van der Waals surface area contributed by atoms with Crippen LogP contribution in [0.1, 0.15) is 30.3 Å². The van der Waals surface area contributed by atoms with E-state index in [1.807, 2.05) is 36.4 Å². The number of nitrogens with zero attached hydrogens (tertiary/aromatic N) is 2. The van der Waals surface area contributed by atoms with Crippen molar-refractivity contribution in [2.24, 2.45) is 0 Å². The lowest BCUT2D eigenvalue weighted by Crippen LogP contribution is -2.18. The molecule has 0 atom stereocenters. The maximum absolute atomic E-state index is 6.04. The van der Waals surface area contributed by atoms with Crippen molar-refractivity contribution in [2.75, 3.05) is 12.5 Å². The van der Waals surface area contributed by atoms with E-state index in [9.17, 15) is 0 Å². The van der Waals surface area contributed by atoms with Gasteiger partial charge in [-0.05, 0) is 54.0 Å². The van der Waals surface area contributed by atoms with Crippen molar-refractivity contribution in [1.29, 1.82) is 0 Å². The van der Waals surface area contributed by atoms with Gasteiger partial charge in [0.25, 0.3) is 0 Å². The second kappa shape index (κ2) is 10.1. The molecule has 0 aliphatic rings. The van der Waals surface area contributed by atoms with Gasteiger partial charge < -0.3 is 14.9 Å². The predicted octanol–water partition coefficient (Wildman–Crippen LogP) is 5.64. The summed E-state index contributed by atoms with van der Waals surface area (Å²) >= 11 is 15.0. The quantitative estimate of drug-likeness (QED) is 0.375. The molecule has 0 aliphatic carbocycles. The van der Waals surface area contributed by atoms with E-state index in [-0.39, 0.29) is 0 Å². The lowest BCUT2D eigenvalue weighted by molar-refractivity contribution is 0.284. The monoisotopic (exact) mass is 496 g/mol. The van der Waals surface area contributed by atoms with Crippen LogP contribution in [0.15, 0.2) is 40.9 Å². The molecule has 9 heteroatoms. The number of hydrogen-bond donors (Lipinski definition) is 2. The molecule has 0 bridgehead atoms. The summed E-state index contributed by atoms with van der Waals surface area (Å²) in [5.74, 6) is 2.17. The number of methoxy groups -OCH3 is 1. The first-order valence-corrected chi connectivity index (χ1v) is 10.7. The maximum atomic E-state index is 6.04. The van der Waals surface area contributed by atoms with Gasteiger partial charge in [-0.3, -0.25) is 5.10 Å². The second-order valence-electron chi connectivity index (χ2n) is 6.38. The molecular formula is C20H22BrClN4O2S. The molecule has 2 N–H and O–H groups in total. The maximum Gasteiger partial charge on any atom is 0.214 e. The highest BCUT2D eigenvalue weighted by Crippen LogP contribution is 2.34. The van der Waals surface area contributed by atoms with Crippen LogP contribution in [0.2, 0.25) is 5.02 Å². The van der Waals surface area contributed by atoms with Crippen LogP contribution < -0.4 is 14.9 Å². The van der Waals surface area contributed by atoms with Crippen LogP contribution in [0.25, 0.3) is 0 Å². The Bertz CT molecular complexity index is 1040. The summed E-state index contributed by atoms with van der Waals surface area (Å²) in [5.41, 5.74) is 5.30. The highest BCUT2D eigenvalue weighted by atomic mass is 79.9. The normalized spacial score (nSPS) is 10.8. The first-order valence-electron chi connectivity index (χ1n) is 9.15. The average molecular weight is 498 g/mol. The minimum absolute atomic E-state index is 0.394. The van der Waals surface area contributed by atoms with E-state index in [0.29, 0.717) is 34.4 Å². The number of aromatic amines is 1. The molecular weight excluding hydrogens is 476 g/mol. The molecule has 1 aromatic heterocycles. The van der Waals surface area contributed by atoms with Gasteiger partial charge in [-0.25, -0.2) is 4.68 Å². The molecule has 0 radical (unpaired) electrons. The number of halogens is 2. The summed E-state index contributed by atoms with van der Waals surface area (Å²) in [4.78, 5) is 0. The van der Waals surface area contributed by atoms with E-state index < -0.39 is 0 Å². The van der Waals surface area contributed by atoms with Crippen LogP contribution in [0, 0.1) is 4.77 Å². The molecule has 1 heterocycles. The smallest absolute Gasteiger partial charge is 0.214 e. The van der Waals surface area contributed by atoms with Gasteiger partial charge in [-0.15, -0.1) is 0 Å². The van der Waals surface area contributed by atoms with Gasteiger partial charge in [0.05, 0.1) is 13.7 Å². The van der Waals surface area contributed by atoms with E-state index >= 15 is 0 Å². The van der Waals surface area contributed by atoms with Crippen LogP contribution >= 0.6 is 39.7 Å². The van der Waals surface area contributed by atoms with E-state index in [1.165, 1.54) is 0 Å². The number of H-pyrrole nitrogens is 1. The van der Waals surface area contributed by atoms with Crippen molar-refractivity contribution in [3.63, 3.8) is 0 Å². The SMILES string of the molecule is CCCc1n[nH]c(=S)n1NCc1cc(OC)c(OCc2cccc(Cl)c2)cc1Br. The van der Waals surface area contributed by atoms with Gasteiger partial charge in [0, 0.05) is 15.9 Å². The second-order valence-corrected chi connectivity index (χ2v) is 8.06. The highest BCUT2D eigenvalue weighted by Gasteiger charge is 2.12. The molecule has 0 saturated carbocycles. The lowest BCUT2D eigenvalue weighted by atomic mass is 10.2. The molecule has 0 aliphatic heterocycles. The zero-order valence-electron chi connectivity index (χ0n) is 16.2. The summed E-state index contributed by atoms with van der Waals surface area (Å²) < 4.78 is 14.7. The molecule has 0 saturated heterocycles. The minimum Gasteiger partial charge on any atom is -0.493 e. The highest BCUT2D eigenvalue weighted by molar-refractivity contribution is 9.10. The summed E-state index contributed by atoms with van der Waals surface area (Å²) in [6.45, 7) is 3.03. The van der Waals surface area contributed by atoms with Crippen molar-refractivity contribution in [1.82, 2.24) is 14.9 Å². The molecule has 154 valence electrons. The third-order valence-corrected chi connectivity index (χ3v) is 5.51. The van der Waals surface area contributed by atoms with Crippen molar-refractivity contribution in [2.45, 2.75) is 32.9 Å². The zero-order valence-corrected chi connectivity index (χ0v) is 19.3. The Morgan fingerprint density at radius 3 is 2.83 bits per heavy atom. The predicted molar refractivity (Wildman–Crippen MR) is 121 cm³/mol. The van der Waals surface area contributed by atoms with Crippen LogP contribution in [0.3, 0.4) is 0 Å². The van der Waals surface area contributed by atoms with Gasteiger partial charge in [0.1, 0.15) is 6.61 Å². The minimum atomic E-state index is 0.394. The fourth-order valence-corrected chi connectivity index (χ4v) is 3.71. The van der Waals surface area contributed by atoms with Crippen molar-refractivity contribution in [3.05, 3.63) is 67.6 Å². The van der Waals surface area contributed by atoms with Gasteiger partial charge in [-0.1, -0.05) is 46.6 Å². The van der Waals surface area contributed by atoms with Crippen molar-refractivity contribution >= 4 is 39.7 Å². The number of aromatic nitrogens is 3. The third-order valence-electron chi connectivity index (χ3n) is 4.26. The lowest BCUT2D eigenvalue weighted by Gasteiger charge is -2.15. The molecule has 3 rings (SSSR count). The third kappa shape index (κ3) is 5.52. The van der Waals surface area contributed by atoms with Crippen LogP contribution in [-0.2, 0) is 19.6 Å². The molecule has 2 aromatic carbocycles. The molecule has 0 amide bonds. The molecule has 6 nitrogen and oxygen atoms in total. The zero-order chi connectivity index (χ0) is 20.8. The summed E-state index contributed by atoms with van der Waals surface area (Å²) in [5, 5.41) is 7.77. The van der Waals surface area contributed by atoms with Crippen molar-refractivity contribution in [3.8, 4) is 11.5 Å².